The van der Waals surface area contributed by atoms with E-state index in [0.717, 1.165) is 24.8 Å². The van der Waals surface area contributed by atoms with Crippen molar-refractivity contribution in [1.29, 1.82) is 0 Å². The molecule has 1 fully saturated rings. The normalized spacial score (nSPS) is 24.0. The summed E-state index contributed by atoms with van der Waals surface area (Å²) in [6, 6.07) is 0. The molecule has 15 heavy (non-hydrogen) atoms. The van der Waals surface area contributed by atoms with Gasteiger partial charge in [-0.05, 0) is 45.1 Å². The van der Waals surface area contributed by atoms with Crippen LogP contribution in [0.25, 0.3) is 0 Å². The molecule has 0 bridgehead atoms. The summed E-state index contributed by atoms with van der Waals surface area (Å²) < 4.78 is 4.72. The topological polar surface area (TPSA) is 43.4 Å². The first-order valence-corrected chi connectivity index (χ1v) is 5.49. The lowest BCUT2D eigenvalue weighted by Crippen LogP contribution is -1.98. The molecule has 1 unspecified atom stereocenters. The summed E-state index contributed by atoms with van der Waals surface area (Å²) in [5.41, 5.74) is 1.03. The predicted molar refractivity (Wildman–Crippen MR) is 57.4 cm³/mol. The summed E-state index contributed by atoms with van der Waals surface area (Å²) >= 11 is 0. The molecular weight excluding hydrogens is 192 g/mol. The van der Waals surface area contributed by atoms with Crippen molar-refractivity contribution in [2.45, 2.75) is 52.1 Å². The Labute approximate surface area is 90.5 Å². The number of hydrogen-bond donors (Lipinski definition) is 0. The molecular formula is C12H18O3. The fourth-order valence-corrected chi connectivity index (χ4v) is 1.65. The third kappa shape index (κ3) is 4.28. The van der Waals surface area contributed by atoms with Gasteiger partial charge in [0.25, 0.3) is 0 Å². The van der Waals surface area contributed by atoms with E-state index in [1.165, 1.54) is 6.42 Å². The molecule has 84 valence electrons. The van der Waals surface area contributed by atoms with E-state index in [4.69, 9.17) is 4.74 Å². The van der Waals surface area contributed by atoms with Crippen LogP contribution in [0.4, 0.5) is 0 Å². The minimum Gasteiger partial charge on any atom is -0.463 e. The second-order valence-corrected chi connectivity index (χ2v) is 4.02. The monoisotopic (exact) mass is 210 g/mol. The largest absolute Gasteiger partial charge is 0.463 e. The number of carbonyl (C=O) groups is 2. The summed E-state index contributed by atoms with van der Waals surface area (Å²) in [7, 11) is 0. The number of hydrogen-bond acceptors (Lipinski definition) is 3. The Bertz CT molecular complexity index is 279. The summed E-state index contributed by atoms with van der Waals surface area (Å²) in [5, 5.41) is 0. The van der Waals surface area contributed by atoms with E-state index in [-0.39, 0.29) is 17.9 Å². The second kappa shape index (κ2) is 5.69. The minimum atomic E-state index is -0.0486. The van der Waals surface area contributed by atoms with Gasteiger partial charge >= 0.3 is 5.97 Å². The average molecular weight is 210 g/mol. The Morgan fingerprint density at radius 3 is 2.40 bits per heavy atom. The van der Waals surface area contributed by atoms with E-state index >= 15 is 0 Å². The van der Waals surface area contributed by atoms with Crippen molar-refractivity contribution < 1.29 is 14.3 Å². The number of carbonyl (C=O) groups excluding carboxylic acids is 2. The number of Topliss-reactive ketones (excluding diaryl/α,β-unsaturated/α-hetero) is 1. The molecule has 0 radical (unpaired) electrons. The van der Waals surface area contributed by atoms with E-state index in [1.54, 1.807) is 6.92 Å². The number of cyclic esters (lactones) is 1. The van der Waals surface area contributed by atoms with E-state index < -0.39 is 0 Å². The van der Waals surface area contributed by atoms with Crippen LogP contribution in [0.5, 0.6) is 0 Å². The molecule has 3 heteroatoms. The first kappa shape index (κ1) is 12.0. The number of esters is 1. The smallest absolute Gasteiger partial charge is 0.306 e. The SMILES string of the molecule is CC(=O)C1=CCCC1.CC1CCC(=O)O1. The molecule has 0 saturated carbocycles. The molecule has 0 amide bonds. The van der Waals surface area contributed by atoms with Gasteiger partial charge in [0.1, 0.15) is 0 Å². The molecule has 0 aromatic carbocycles. The maximum absolute atomic E-state index is 10.6. The molecule has 0 N–H and O–H groups in total. The third-order valence-corrected chi connectivity index (χ3v) is 2.58. The van der Waals surface area contributed by atoms with Gasteiger partial charge in [0.15, 0.2) is 5.78 Å². The number of rotatable bonds is 1. The highest BCUT2D eigenvalue weighted by atomic mass is 16.5. The molecule has 1 aliphatic heterocycles. The van der Waals surface area contributed by atoms with Gasteiger partial charge < -0.3 is 4.74 Å². The Balaban J connectivity index is 0.000000151. The average Bonchev–Trinajstić information content (AvgIpc) is 2.77. The van der Waals surface area contributed by atoms with Gasteiger partial charge in [-0.2, -0.15) is 0 Å². The lowest BCUT2D eigenvalue weighted by atomic mass is 10.2. The fourth-order valence-electron chi connectivity index (χ4n) is 1.65. The van der Waals surface area contributed by atoms with Crippen LogP contribution in [0.2, 0.25) is 0 Å². The molecule has 0 aromatic rings. The molecule has 1 saturated heterocycles. The highest BCUT2D eigenvalue weighted by molar-refractivity contribution is 5.93. The fraction of sp³-hybridized carbons (Fsp3) is 0.667. The van der Waals surface area contributed by atoms with Gasteiger partial charge in [0.2, 0.25) is 0 Å². The van der Waals surface area contributed by atoms with Crippen LogP contribution >= 0.6 is 0 Å². The van der Waals surface area contributed by atoms with Crippen LogP contribution in [-0.4, -0.2) is 17.9 Å². The Kier molecular flexibility index (Phi) is 4.53. The van der Waals surface area contributed by atoms with Crippen LogP contribution in [0, 0.1) is 0 Å². The van der Waals surface area contributed by atoms with Crippen LogP contribution in [-0.2, 0) is 14.3 Å². The van der Waals surface area contributed by atoms with Crippen LogP contribution in [0.15, 0.2) is 11.6 Å². The van der Waals surface area contributed by atoms with Gasteiger partial charge in [-0.25, -0.2) is 0 Å². The molecule has 0 spiro atoms. The number of ketones is 1. The molecule has 1 aliphatic carbocycles. The van der Waals surface area contributed by atoms with Gasteiger partial charge in [0, 0.05) is 6.42 Å². The van der Waals surface area contributed by atoms with Crippen molar-refractivity contribution in [3.05, 3.63) is 11.6 Å². The van der Waals surface area contributed by atoms with Crippen molar-refractivity contribution in [3.63, 3.8) is 0 Å². The zero-order valence-electron chi connectivity index (χ0n) is 9.41. The maximum atomic E-state index is 10.6. The Hall–Kier alpha value is -1.12. The summed E-state index contributed by atoms with van der Waals surface area (Å²) in [5.74, 6) is 0.204. The lowest BCUT2D eigenvalue weighted by Gasteiger charge is -1.95. The lowest BCUT2D eigenvalue weighted by molar-refractivity contribution is -0.140. The van der Waals surface area contributed by atoms with E-state index in [0.29, 0.717) is 6.42 Å². The van der Waals surface area contributed by atoms with Crippen molar-refractivity contribution in [3.8, 4) is 0 Å². The van der Waals surface area contributed by atoms with Crippen LogP contribution < -0.4 is 0 Å². The van der Waals surface area contributed by atoms with E-state index in [2.05, 4.69) is 0 Å². The van der Waals surface area contributed by atoms with Gasteiger partial charge in [-0.3, -0.25) is 9.59 Å². The number of ether oxygens (including phenoxy) is 1. The standard InChI is InChI=1S/C7H10O.C5H8O2/c1-6(8)7-4-2-3-5-7;1-4-2-3-5(6)7-4/h4H,2-3,5H2,1H3;4H,2-3H2,1H3. The van der Waals surface area contributed by atoms with Crippen molar-refractivity contribution in [2.75, 3.05) is 0 Å². The molecule has 2 aliphatic rings. The van der Waals surface area contributed by atoms with Crippen LogP contribution in [0.3, 0.4) is 0 Å². The molecule has 1 heterocycles. The van der Waals surface area contributed by atoms with Gasteiger partial charge in [0.05, 0.1) is 6.10 Å². The predicted octanol–water partition coefficient (Wildman–Crippen LogP) is 2.40. The minimum absolute atomic E-state index is 0.0486. The molecule has 0 aromatic heterocycles. The third-order valence-electron chi connectivity index (χ3n) is 2.58. The van der Waals surface area contributed by atoms with Crippen molar-refractivity contribution in [2.24, 2.45) is 0 Å². The summed E-state index contributed by atoms with van der Waals surface area (Å²) in [6.45, 7) is 3.54. The van der Waals surface area contributed by atoms with E-state index in [9.17, 15) is 9.59 Å². The van der Waals surface area contributed by atoms with Gasteiger partial charge in [-0.15, -0.1) is 0 Å². The Morgan fingerprint density at radius 2 is 2.20 bits per heavy atom. The van der Waals surface area contributed by atoms with E-state index in [1.807, 2.05) is 13.0 Å². The quantitative estimate of drug-likeness (QED) is 0.624. The second-order valence-electron chi connectivity index (χ2n) is 4.02. The maximum Gasteiger partial charge on any atom is 0.306 e. The van der Waals surface area contributed by atoms with Crippen molar-refractivity contribution in [1.82, 2.24) is 0 Å². The number of allylic oxidation sites excluding steroid dienone is 2. The van der Waals surface area contributed by atoms with Gasteiger partial charge in [-0.1, -0.05) is 6.08 Å². The first-order valence-electron chi connectivity index (χ1n) is 5.49. The zero-order valence-corrected chi connectivity index (χ0v) is 9.41. The van der Waals surface area contributed by atoms with Crippen LogP contribution in [0.1, 0.15) is 46.0 Å². The molecule has 1 atom stereocenters. The molecule has 3 nitrogen and oxygen atoms in total. The zero-order chi connectivity index (χ0) is 11.3. The highest BCUT2D eigenvalue weighted by Gasteiger charge is 2.17. The Morgan fingerprint density at radius 1 is 1.47 bits per heavy atom. The first-order chi connectivity index (χ1) is 7.09. The highest BCUT2D eigenvalue weighted by Crippen LogP contribution is 2.17. The van der Waals surface area contributed by atoms with Crippen molar-refractivity contribution >= 4 is 11.8 Å². The molecule has 2 rings (SSSR count). The summed E-state index contributed by atoms with van der Waals surface area (Å²) in [6.07, 6.45) is 7.02. The summed E-state index contributed by atoms with van der Waals surface area (Å²) in [4.78, 5) is 20.8.